The molecule has 21 heavy (non-hydrogen) atoms. The highest BCUT2D eigenvalue weighted by molar-refractivity contribution is 5.94. The van der Waals surface area contributed by atoms with Crippen LogP contribution in [0, 0.1) is 0 Å². The first-order chi connectivity index (χ1) is 9.85. The lowest BCUT2D eigenvalue weighted by Gasteiger charge is -2.10. The van der Waals surface area contributed by atoms with Crippen LogP contribution in [0.3, 0.4) is 0 Å². The number of nitrogens with one attached hydrogen (secondary N) is 2. The number of aromatic carboxylic acids is 1. The van der Waals surface area contributed by atoms with Gasteiger partial charge < -0.3 is 15.2 Å². The zero-order valence-corrected chi connectivity index (χ0v) is 11.9. The predicted molar refractivity (Wildman–Crippen MR) is 69.5 cm³/mol. The maximum atomic E-state index is 11.7. The topological polar surface area (TPSA) is 135 Å². The van der Waals surface area contributed by atoms with E-state index < -0.39 is 17.9 Å². The van der Waals surface area contributed by atoms with Gasteiger partial charge in [-0.15, -0.1) is 5.10 Å². The van der Waals surface area contributed by atoms with Crippen LogP contribution in [0.15, 0.2) is 0 Å². The lowest BCUT2D eigenvalue weighted by atomic mass is 10.3. The molecule has 0 aliphatic rings. The second-order valence-corrected chi connectivity index (χ2v) is 4.46. The molecule has 1 heterocycles. The van der Waals surface area contributed by atoms with Crippen molar-refractivity contribution < 1.29 is 24.2 Å². The molecule has 0 fully saturated rings. The van der Waals surface area contributed by atoms with Gasteiger partial charge in [0.2, 0.25) is 5.91 Å². The monoisotopic (exact) mass is 299 g/mol. The van der Waals surface area contributed by atoms with E-state index in [9.17, 15) is 14.4 Å². The minimum atomic E-state index is -1.27. The summed E-state index contributed by atoms with van der Waals surface area (Å²) in [5.41, 5.74) is -0.152. The Bertz CT molecular complexity index is 539. The summed E-state index contributed by atoms with van der Waals surface area (Å²) in [5, 5.41) is 20.6. The average Bonchev–Trinajstić information content (AvgIpc) is 2.71. The van der Waals surface area contributed by atoms with Gasteiger partial charge in [0.15, 0.2) is 5.69 Å². The molecule has 0 saturated heterocycles. The van der Waals surface area contributed by atoms with Crippen molar-refractivity contribution in [2.45, 2.75) is 33.0 Å². The van der Waals surface area contributed by atoms with Crippen LogP contribution in [-0.4, -0.2) is 51.2 Å². The van der Waals surface area contributed by atoms with Gasteiger partial charge in [-0.05, 0) is 13.8 Å². The highest BCUT2D eigenvalue weighted by Gasteiger charge is 2.20. The summed E-state index contributed by atoms with van der Waals surface area (Å²) >= 11 is 0. The van der Waals surface area contributed by atoms with Crippen LogP contribution in [-0.2, 0) is 22.7 Å². The largest absolute Gasteiger partial charge is 0.476 e. The fourth-order valence-electron chi connectivity index (χ4n) is 1.51. The van der Waals surface area contributed by atoms with Gasteiger partial charge in [0.25, 0.3) is 0 Å². The fourth-order valence-corrected chi connectivity index (χ4v) is 1.51. The molecule has 0 bridgehead atoms. The summed E-state index contributed by atoms with van der Waals surface area (Å²) in [4.78, 5) is 34.0. The molecule has 3 amide bonds. The van der Waals surface area contributed by atoms with Crippen molar-refractivity contribution in [3.8, 4) is 0 Å². The number of carboxylic acid groups (broad SMARTS) is 1. The van der Waals surface area contributed by atoms with E-state index in [1.54, 1.807) is 13.8 Å². The number of imide groups is 1. The zero-order valence-electron chi connectivity index (χ0n) is 11.9. The van der Waals surface area contributed by atoms with E-state index in [0.29, 0.717) is 0 Å². The third kappa shape index (κ3) is 4.84. The molecule has 10 nitrogen and oxygen atoms in total. The maximum absolute atomic E-state index is 11.7. The zero-order chi connectivity index (χ0) is 16.0. The van der Waals surface area contributed by atoms with Gasteiger partial charge >= 0.3 is 12.0 Å². The maximum Gasteiger partial charge on any atom is 0.358 e. The third-order valence-electron chi connectivity index (χ3n) is 2.29. The smallest absolute Gasteiger partial charge is 0.358 e. The molecule has 0 spiro atoms. The lowest BCUT2D eigenvalue weighted by molar-refractivity contribution is -0.120. The molecule has 0 aromatic carbocycles. The van der Waals surface area contributed by atoms with Crippen LogP contribution >= 0.6 is 0 Å². The van der Waals surface area contributed by atoms with Crippen molar-refractivity contribution in [3.63, 3.8) is 0 Å². The number of amides is 3. The third-order valence-corrected chi connectivity index (χ3v) is 2.29. The number of nitrogens with zero attached hydrogens (tertiary/aromatic N) is 3. The Balaban J connectivity index is 2.76. The molecule has 0 radical (unpaired) electrons. The molecule has 116 valence electrons. The van der Waals surface area contributed by atoms with E-state index in [1.807, 2.05) is 0 Å². The lowest BCUT2D eigenvalue weighted by Crippen LogP contribution is -2.43. The summed E-state index contributed by atoms with van der Waals surface area (Å²) in [6.45, 7) is 3.08. The second kappa shape index (κ2) is 7.33. The van der Waals surface area contributed by atoms with Crippen LogP contribution in [0.4, 0.5) is 4.79 Å². The number of carbonyl (C=O) groups is 3. The van der Waals surface area contributed by atoms with Crippen molar-refractivity contribution in [1.29, 1.82) is 0 Å². The van der Waals surface area contributed by atoms with Crippen LogP contribution in [0.5, 0.6) is 0 Å². The first kappa shape index (κ1) is 16.6. The van der Waals surface area contributed by atoms with Gasteiger partial charge in [-0.25, -0.2) is 14.3 Å². The second-order valence-electron chi connectivity index (χ2n) is 4.46. The molecule has 0 atom stereocenters. The van der Waals surface area contributed by atoms with Crippen molar-refractivity contribution in [2.24, 2.45) is 0 Å². The highest BCUT2D eigenvalue weighted by Crippen LogP contribution is 2.07. The Morgan fingerprint density at radius 2 is 2.05 bits per heavy atom. The van der Waals surface area contributed by atoms with Gasteiger partial charge in [-0.1, -0.05) is 5.21 Å². The number of aromatic nitrogens is 3. The highest BCUT2D eigenvalue weighted by atomic mass is 16.5. The first-order valence-corrected chi connectivity index (χ1v) is 6.10. The Morgan fingerprint density at radius 1 is 1.38 bits per heavy atom. The van der Waals surface area contributed by atoms with Crippen molar-refractivity contribution in [2.75, 3.05) is 7.11 Å². The number of hydrogen-bond donors (Lipinski definition) is 3. The Morgan fingerprint density at radius 3 is 2.57 bits per heavy atom. The number of rotatable bonds is 6. The Labute approximate surface area is 120 Å². The van der Waals surface area contributed by atoms with E-state index in [2.05, 4.69) is 20.9 Å². The van der Waals surface area contributed by atoms with Gasteiger partial charge in [0.1, 0.15) is 6.54 Å². The number of carboxylic acids is 1. The van der Waals surface area contributed by atoms with E-state index >= 15 is 0 Å². The molecule has 0 aliphatic heterocycles. The molecule has 0 unspecified atom stereocenters. The van der Waals surface area contributed by atoms with Crippen molar-refractivity contribution in [3.05, 3.63) is 11.4 Å². The number of hydrogen-bond acceptors (Lipinski definition) is 6. The van der Waals surface area contributed by atoms with Gasteiger partial charge in [-0.3, -0.25) is 10.1 Å². The summed E-state index contributed by atoms with van der Waals surface area (Å²) in [5.74, 6) is -1.92. The van der Waals surface area contributed by atoms with Crippen molar-refractivity contribution in [1.82, 2.24) is 25.6 Å². The molecule has 10 heteroatoms. The van der Waals surface area contributed by atoms with Gasteiger partial charge in [0.05, 0.1) is 12.3 Å². The Hall–Kier alpha value is -2.49. The average molecular weight is 299 g/mol. The molecule has 1 aromatic rings. The minimum absolute atomic E-state index is 0.0693. The first-order valence-electron chi connectivity index (χ1n) is 6.10. The SMILES string of the molecule is COCc1c(C(=O)O)nnn1CC(=O)NC(=O)NC(C)C. The quantitative estimate of drug-likeness (QED) is 0.635. The standard InChI is InChI=1S/C11H17N5O5/c1-6(2)12-11(20)13-8(17)4-16-7(5-21-3)9(10(18)19)14-15-16/h6H,4-5H2,1-3H3,(H,18,19)(H2,12,13,17,20). The summed E-state index contributed by atoms with van der Waals surface area (Å²) in [7, 11) is 1.37. The molecule has 3 N–H and O–H groups in total. The number of methoxy groups -OCH3 is 1. The van der Waals surface area contributed by atoms with E-state index in [0.717, 1.165) is 4.68 Å². The molecule has 1 aromatic heterocycles. The fraction of sp³-hybridized carbons (Fsp3) is 0.545. The van der Waals surface area contributed by atoms with Crippen LogP contribution in [0.2, 0.25) is 0 Å². The Kier molecular flexibility index (Phi) is 5.79. The molecule has 0 aliphatic carbocycles. The minimum Gasteiger partial charge on any atom is -0.476 e. The van der Waals surface area contributed by atoms with Gasteiger partial charge in [0, 0.05) is 13.2 Å². The van der Waals surface area contributed by atoms with Gasteiger partial charge in [-0.2, -0.15) is 0 Å². The van der Waals surface area contributed by atoms with Crippen LogP contribution in [0.1, 0.15) is 30.0 Å². The van der Waals surface area contributed by atoms with E-state index in [1.165, 1.54) is 7.11 Å². The predicted octanol–water partition coefficient (Wildman–Crippen LogP) is -0.643. The molecular weight excluding hydrogens is 282 g/mol. The molecular formula is C11H17N5O5. The van der Waals surface area contributed by atoms with Crippen molar-refractivity contribution >= 4 is 17.9 Å². The summed E-state index contributed by atoms with van der Waals surface area (Å²) in [6, 6.07) is -0.756. The number of ether oxygens (including phenoxy) is 1. The molecule has 0 saturated carbocycles. The van der Waals surface area contributed by atoms with Crippen LogP contribution in [0.25, 0.3) is 0 Å². The summed E-state index contributed by atoms with van der Waals surface area (Å²) < 4.78 is 5.93. The van der Waals surface area contributed by atoms with E-state index in [-0.39, 0.29) is 30.6 Å². The number of urea groups is 1. The van der Waals surface area contributed by atoms with Crippen LogP contribution < -0.4 is 10.6 Å². The molecule has 1 rings (SSSR count). The summed E-state index contributed by atoms with van der Waals surface area (Å²) in [6.07, 6.45) is 0. The normalized spacial score (nSPS) is 10.5. The van der Waals surface area contributed by atoms with E-state index in [4.69, 9.17) is 9.84 Å². The number of carbonyl (C=O) groups excluding carboxylic acids is 2.